The van der Waals surface area contributed by atoms with Crippen molar-refractivity contribution < 1.29 is 22.7 Å². The highest BCUT2D eigenvalue weighted by Gasteiger charge is 2.24. The number of hydrogen-bond donors (Lipinski definition) is 1. The molecule has 4 nitrogen and oxygen atoms in total. The number of rotatable bonds is 2. The first-order valence-electron chi connectivity index (χ1n) is 3.38. The van der Waals surface area contributed by atoms with E-state index in [0.29, 0.717) is 0 Å². The molecule has 0 aliphatic heterocycles. The summed E-state index contributed by atoms with van der Waals surface area (Å²) in [6.07, 6.45) is 0. The first-order valence-corrected chi connectivity index (χ1v) is 5.69. The molecule has 7 heteroatoms. The number of methoxy groups -OCH3 is 1. The van der Waals surface area contributed by atoms with Gasteiger partial charge in [0.1, 0.15) is 5.75 Å². The fraction of sp³-hybridized carbons (Fsp3) is 0.143. The summed E-state index contributed by atoms with van der Waals surface area (Å²) in [5.74, 6) is -2.26. The predicted molar refractivity (Wildman–Crippen MR) is 47.7 cm³/mol. The molecule has 1 aromatic carbocycles. The molecule has 0 aliphatic carbocycles. The Morgan fingerprint density at radius 2 is 2.07 bits per heavy atom. The molecule has 78 valence electrons. The third-order valence-corrected chi connectivity index (χ3v) is 2.84. The van der Waals surface area contributed by atoms with Crippen LogP contribution in [0.4, 0.5) is 4.39 Å². The van der Waals surface area contributed by atoms with Crippen LogP contribution in [0.15, 0.2) is 17.0 Å². The van der Waals surface area contributed by atoms with Gasteiger partial charge in [-0.15, -0.1) is 0 Å². The maximum atomic E-state index is 13.3. The van der Waals surface area contributed by atoms with Gasteiger partial charge in [0.15, 0.2) is 16.5 Å². The van der Waals surface area contributed by atoms with E-state index < -0.39 is 25.5 Å². The van der Waals surface area contributed by atoms with E-state index in [1.54, 1.807) is 0 Å². The van der Waals surface area contributed by atoms with E-state index in [-0.39, 0.29) is 5.75 Å². The number of phenolic OH excluding ortho intramolecular Hbond substituents is 1. The first kappa shape index (κ1) is 11.1. The number of ether oxygens (including phenoxy) is 1. The Morgan fingerprint density at radius 3 is 2.50 bits per heavy atom. The van der Waals surface area contributed by atoms with Gasteiger partial charge in [-0.1, -0.05) is 0 Å². The lowest BCUT2D eigenvalue weighted by atomic mass is 10.3. The zero-order chi connectivity index (χ0) is 10.9. The van der Waals surface area contributed by atoms with Crippen LogP contribution in [-0.4, -0.2) is 20.6 Å². The van der Waals surface area contributed by atoms with Gasteiger partial charge in [-0.2, -0.15) is 0 Å². The van der Waals surface area contributed by atoms with Gasteiger partial charge in [0.05, 0.1) is 7.11 Å². The summed E-state index contributed by atoms with van der Waals surface area (Å²) in [5.41, 5.74) is 0. The normalized spacial score (nSPS) is 11.4. The Morgan fingerprint density at radius 1 is 1.50 bits per heavy atom. The highest BCUT2D eigenvalue weighted by atomic mass is 35.7. The number of phenols is 1. The van der Waals surface area contributed by atoms with Gasteiger partial charge in [-0.3, -0.25) is 0 Å². The van der Waals surface area contributed by atoms with E-state index in [1.165, 1.54) is 7.11 Å². The zero-order valence-corrected chi connectivity index (χ0v) is 8.56. The minimum Gasteiger partial charge on any atom is -0.506 e. The summed E-state index contributed by atoms with van der Waals surface area (Å²) in [4.78, 5) is -0.974. The molecular formula is C7H6ClFO4S. The van der Waals surface area contributed by atoms with Crippen LogP contribution in [0.2, 0.25) is 0 Å². The molecule has 0 amide bonds. The maximum absolute atomic E-state index is 13.3. The zero-order valence-electron chi connectivity index (χ0n) is 6.99. The summed E-state index contributed by atoms with van der Waals surface area (Å²) < 4.78 is 39.5. The van der Waals surface area contributed by atoms with Crippen molar-refractivity contribution in [2.45, 2.75) is 4.90 Å². The fourth-order valence-electron chi connectivity index (χ4n) is 0.917. The van der Waals surface area contributed by atoms with Gasteiger partial charge < -0.3 is 9.84 Å². The monoisotopic (exact) mass is 240 g/mol. The van der Waals surface area contributed by atoms with Crippen molar-refractivity contribution in [2.75, 3.05) is 7.11 Å². The summed E-state index contributed by atoms with van der Waals surface area (Å²) >= 11 is 0. The highest BCUT2D eigenvalue weighted by molar-refractivity contribution is 8.13. The van der Waals surface area contributed by atoms with E-state index in [4.69, 9.17) is 15.8 Å². The van der Waals surface area contributed by atoms with E-state index in [0.717, 1.165) is 12.1 Å². The van der Waals surface area contributed by atoms with Gasteiger partial charge in [0.2, 0.25) is 0 Å². The second-order valence-electron chi connectivity index (χ2n) is 2.37. The molecule has 1 N–H and O–H groups in total. The minimum absolute atomic E-state index is 0.304. The summed E-state index contributed by atoms with van der Waals surface area (Å²) in [5, 5.41) is 9.09. The third-order valence-electron chi connectivity index (χ3n) is 1.50. The van der Waals surface area contributed by atoms with Gasteiger partial charge in [-0.25, -0.2) is 12.8 Å². The van der Waals surface area contributed by atoms with Crippen LogP contribution in [0.25, 0.3) is 0 Å². The molecule has 0 bridgehead atoms. The highest BCUT2D eigenvalue weighted by Crippen LogP contribution is 2.33. The van der Waals surface area contributed by atoms with Crippen molar-refractivity contribution in [3.05, 3.63) is 17.9 Å². The fourth-order valence-corrected chi connectivity index (χ4v) is 1.99. The van der Waals surface area contributed by atoms with Crippen LogP contribution >= 0.6 is 10.7 Å². The Kier molecular flexibility index (Phi) is 2.86. The number of halogens is 2. The molecule has 0 spiro atoms. The molecule has 1 rings (SSSR count). The number of hydrogen-bond acceptors (Lipinski definition) is 4. The topological polar surface area (TPSA) is 63.6 Å². The molecule has 0 fully saturated rings. The van der Waals surface area contributed by atoms with Crippen LogP contribution in [0, 0.1) is 5.82 Å². The Hall–Kier alpha value is -1.01. The molecule has 0 atom stereocenters. The molecular weight excluding hydrogens is 235 g/mol. The van der Waals surface area contributed by atoms with Gasteiger partial charge >= 0.3 is 0 Å². The van der Waals surface area contributed by atoms with Crippen molar-refractivity contribution >= 4 is 19.7 Å². The Bertz CT molecular complexity index is 457. The van der Waals surface area contributed by atoms with Crippen LogP contribution in [0.3, 0.4) is 0 Å². The van der Waals surface area contributed by atoms with E-state index >= 15 is 0 Å². The van der Waals surface area contributed by atoms with Crippen molar-refractivity contribution in [3.8, 4) is 11.5 Å². The van der Waals surface area contributed by atoms with Crippen molar-refractivity contribution in [3.63, 3.8) is 0 Å². The van der Waals surface area contributed by atoms with Crippen molar-refractivity contribution in [1.29, 1.82) is 0 Å². The lowest BCUT2D eigenvalue weighted by Gasteiger charge is -2.06. The summed E-state index contributed by atoms with van der Waals surface area (Å²) in [7, 11) is 1.75. The molecule has 0 unspecified atom stereocenters. The van der Waals surface area contributed by atoms with Crippen LogP contribution in [0.1, 0.15) is 0 Å². The lowest BCUT2D eigenvalue weighted by Crippen LogP contribution is -1.99. The largest absolute Gasteiger partial charge is 0.506 e. The van der Waals surface area contributed by atoms with E-state index in [2.05, 4.69) is 4.74 Å². The van der Waals surface area contributed by atoms with Gasteiger partial charge in [0.25, 0.3) is 9.05 Å². The Labute approximate surface area is 84.3 Å². The third kappa shape index (κ3) is 1.91. The van der Waals surface area contributed by atoms with E-state index in [1.807, 2.05) is 0 Å². The standard InChI is InChI=1S/C7H6ClFO4S/c1-13-5-3-2-4(10)7(6(5)9)14(8,11)12/h2-3,10H,1H3. The average Bonchev–Trinajstić information content (AvgIpc) is 2.02. The van der Waals surface area contributed by atoms with Crippen LogP contribution in [0.5, 0.6) is 11.5 Å². The van der Waals surface area contributed by atoms with E-state index in [9.17, 15) is 12.8 Å². The quantitative estimate of drug-likeness (QED) is 0.795. The maximum Gasteiger partial charge on any atom is 0.268 e. The second kappa shape index (κ2) is 3.62. The molecule has 0 aromatic heterocycles. The smallest absolute Gasteiger partial charge is 0.268 e. The minimum atomic E-state index is -4.33. The molecule has 0 saturated carbocycles. The van der Waals surface area contributed by atoms with Crippen LogP contribution in [-0.2, 0) is 9.05 Å². The number of aromatic hydroxyl groups is 1. The summed E-state index contributed by atoms with van der Waals surface area (Å²) in [6.45, 7) is 0. The molecule has 14 heavy (non-hydrogen) atoms. The van der Waals surface area contributed by atoms with Crippen LogP contribution < -0.4 is 4.74 Å². The molecule has 0 heterocycles. The van der Waals surface area contributed by atoms with Crippen molar-refractivity contribution in [2.24, 2.45) is 0 Å². The second-order valence-corrected chi connectivity index (χ2v) is 4.87. The number of benzene rings is 1. The first-order chi connectivity index (χ1) is 6.38. The SMILES string of the molecule is COc1ccc(O)c(S(=O)(=O)Cl)c1F. The Balaban J connectivity index is 3.57. The van der Waals surface area contributed by atoms with Gasteiger partial charge in [-0.05, 0) is 12.1 Å². The predicted octanol–water partition coefficient (Wildman–Crippen LogP) is 1.47. The van der Waals surface area contributed by atoms with Gasteiger partial charge in [0, 0.05) is 10.7 Å². The molecule has 0 aliphatic rings. The summed E-state index contributed by atoms with van der Waals surface area (Å²) in [6, 6.07) is 2.08. The molecule has 0 saturated heterocycles. The molecule has 1 aromatic rings. The average molecular weight is 241 g/mol. The molecule has 0 radical (unpaired) electrons. The lowest BCUT2D eigenvalue weighted by molar-refractivity contribution is 0.372. The van der Waals surface area contributed by atoms with Crippen molar-refractivity contribution in [1.82, 2.24) is 0 Å².